The number of allylic oxidation sites excluding steroid dienone is 1. The lowest BCUT2D eigenvalue weighted by Gasteiger charge is -2.32. The third-order valence-electron chi connectivity index (χ3n) is 7.61. The molecule has 0 spiro atoms. The number of benzene rings is 1. The molecule has 1 aromatic rings. The highest BCUT2D eigenvalue weighted by molar-refractivity contribution is 6.05. The summed E-state index contributed by atoms with van der Waals surface area (Å²) in [7, 11) is 0. The Balaban J connectivity index is 1.53. The monoisotopic (exact) mass is 483 g/mol. The maximum absolute atomic E-state index is 14.0. The molecule has 6 heteroatoms. The summed E-state index contributed by atoms with van der Waals surface area (Å²) in [6.45, 7) is 6.18. The zero-order valence-electron chi connectivity index (χ0n) is 21.3. The van der Waals surface area contributed by atoms with E-state index in [4.69, 9.17) is 4.74 Å². The number of rotatable bonds is 10. The SMILES string of the molecule is CCN(CCNCC1CCCCC1)C1=C(\OC2CCCC2)C(=O)N(c2cccc(F)c2)CC\C=C\1. The van der Waals surface area contributed by atoms with Crippen LogP contribution in [-0.4, -0.2) is 49.6 Å². The highest BCUT2D eigenvalue weighted by Crippen LogP contribution is 2.29. The largest absolute Gasteiger partial charge is 0.483 e. The minimum Gasteiger partial charge on any atom is -0.483 e. The van der Waals surface area contributed by atoms with Crippen LogP contribution in [-0.2, 0) is 9.53 Å². The van der Waals surface area contributed by atoms with Crippen LogP contribution in [0.15, 0.2) is 47.9 Å². The van der Waals surface area contributed by atoms with Crippen molar-refractivity contribution in [3.05, 3.63) is 53.7 Å². The molecular weight excluding hydrogens is 441 g/mol. The Labute approximate surface area is 210 Å². The lowest BCUT2D eigenvalue weighted by Crippen LogP contribution is -2.39. The maximum Gasteiger partial charge on any atom is 0.295 e. The summed E-state index contributed by atoms with van der Waals surface area (Å²) < 4.78 is 20.5. The Morgan fingerprint density at radius 1 is 1.11 bits per heavy atom. The Hall–Kier alpha value is -2.34. The molecular formula is C29H42FN3O2. The first-order valence-corrected chi connectivity index (χ1v) is 13.8. The average molecular weight is 484 g/mol. The number of hydrogen-bond donors (Lipinski definition) is 1. The van der Waals surface area contributed by atoms with Gasteiger partial charge in [-0.2, -0.15) is 0 Å². The first-order valence-electron chi connectivity index (χ1n) is 13.8. The number of amides is 1. The van der Waals surface area contributed by atoms with Gasteiger partial charge in [0.1, 0.15) is 5.82 Å². The molecule has 1 heterocycles. The maximum atomic E-state index is 14.0. The molecule has 2 saturated carbocycles. The molecule has 0 unspecified atom stereocenters. The smallest absolute Gasteiger partial charge is 0.295 e. The fourth-order valence-corrected chi connectivity index (χ4v) is 5.59. The number of nitrogens with one attached hydrogen (secondary N) is 1. The molecule has 5 nitrogen and oxygen atoms in total. The van der Waals surface area contributed by atoms with E-state index in [2.05, 4.69) is 29.3 Å². The minimum absolute atomic E-state index is 0.0641. The van der Waals surface area contributed by atoms with Crippen LogP contribution < -0.4 is 10.2 Å². The van der Waals surface area contributed by atoms with Crippen LogP contribution in [0.4, 0.5) is 10.1 Å². The summed E-state index contributed by atoms with van der Waals surface area (Å²) in [5, 5.41) is 3.66. The normalized spacial score (nSPS) is 23.3. The molecule has 3 aliphatic rings. The molecule has 1 N–H and O–H groups in total. The summed E-state index contributed by atoms with van der Waals surface area (Å²) in [6.07, 6.45) is 15.9. The van der Waals surface area contributed by atoms with Crippen molar-refractivity contribution < 1.29 is 13.9 Å². The molecule has 0 bridgehead atoms. The van der Waals surface area contributed by atoms with Gasteiger partial charge in [0, 0.05) is 31.9 Å². The third-order valence-corrected chi connectivity index (χ3v) is 7.61. The number of hydrogen-bond acceptors (Lipinski definition) is 4. The molecule has 0 radical (unpaired) electrons. The Morgan fingerprint density at radius 3 is 2.63 bits per heavy atom. The molecule has 4 rings (SSSR count). The number of carbonyl (C=O) groups excluding carboxylic acids is 1. The average Bonchev–Trinajstić information content (AvgIpc) is 3.39. The summed E-state index contributed by atoms with van der Waals surface area (Å²) in [4.78, 5) is 17.8. The van der Waals surface area contributed by atoms with Crippen molar-refractivity contribution in [1.82, 2.24) is 10.2 Å². The quantitative estimate of drug-likeness (QED) is 0.429. The van der Waals surface area contributed by atoms with Crippen LogP contribution in [0.3, 0.4) is 0 Å². The van der Waals surface area contributed by atoms with E-state index in [1.54, 1.807) is 17.0 Å². The number of carbonyl (C=O) groups is 1. The second-order valence-corrected chi connectivity index (χ2v) is 10.2. The number of halogens is 1. The third kappa shape index (κ3) is 7.09. The van der Waals surface area contributed by atoms with Gasteiger partial charge in [0.2, 0.25) is 5.76 Å². The van der Waals surface area contributed by atoms with Gasteiger partial charge in [-0.05, 0) is 88.6 Å². The zero-order chi connectivity index (χ0) is 24.5. The van der Waals surface area contributed by atoms with E-state index < -0.39 is 0 Å². The highest BCUT2D eigenvalue weighted by Gasteiger charge is 2.30. The van der Waals surface area contributed by atoms with Gasteiger partial charge in [-0.15, -0.1) is 0 Å². The van der Waals surface area contributed by atoms with Crippen molar-refractivity contribution in [3.63, 3.8) is 0 Å². The summed E-state index contributed by atoms with van der Waals surface area (Å²) >= 11 is 0. The first kappa shape index (κ1) is 25.7. The Bertz CT molecular complexity index is 888. The van der Waals surface area contributed by atoms with E-state index in [0.29, 0.717) is 24.4 Å². The van der Waals surface area contributed by atoms with Gasteiger partial charge >= 0.3 is 0 Å². The molecule has 1 aliphatic heterocycles. The van der Waals surface area contributed by atoms with Crippen molar-refractivity contribution in [1.29, 1.82) is 0 Å². The standard InChI is InChI=1S/C29H42FN3O2/c1-2-32(20-18-31-22-23-11-4-3-5-12-23)27-17-8-9-19-33(25-14-10-13-24(30)21-25)29(34)28(27)35-26-15-6-7-16-26/h8,10,13-14,17,21,23,26,31H,2-7,9,11-12,15-16,18-20,22H2,1H3/b17-8+,28-27-. The van der Waals surface area contributed by atoms with Gasteiger partial charge in [0.15, 0.2) is 0 Å². The summed E-state index contributed by atoms with van der Waals surface area (Å²) in [5.74, 6) is 0.693. The number of anilines is 1. The van der Waals surface area contributed by atoms with E-state index in [9.17, 15) is 9.18 Å². The van der Waals surface area contributed by atoms with Crippen molar-refractivity contribution in [2.24, 2.45) is 5.92 Å². The van der Waals surface area contributed by atoms with Crippen molar-refractivity contribution in [2.45, 2.75) is 77.2 Å². The van der Waals surface area contributed by atoms with Gasteiger partial charge in [-0.3, -0.25) is 4.79 Å². The fourth-order valence-electron chi connectivity index (χ4n) is 5.59. The molecule has 0 atom stereocenters. The summed E-state index contributed by atoms with van der Waals surface area (Å²) in [6, 6.07) is 6.30. The molecule has 2 fully saturated rings. The lowest BCUT2D eigenvalue weighted by atomic mass is 9.89. The van der Waals surface area contributed by atoms with Crippen LogP contribution in [0.5, 0.6) is 0 Å². The van der Waals surface area contributed by atoms with E-state index >= 15 is 0 Å². The second-order valence-electron chi connectivity index (χ2n) is 10.2. The molecule has 0 aromatic heterocycles. The van der Waals surface area contributed by atoms with Crippen LogP contribution in [0.2, 0.25) is 0 Å². The molecule has 1 amide bonds. The van der Waals surface area contributed by atoms with E-state index in [-0.39, 0.29) is 17.8 Å². The van der Waals surface area contributed by atoms with Gasteiger partial charge in [-0.1, -0.05) is 31.4 Å². The molecule has 35 heavy (non-hydrogen) atoms. The fraction of sp³-hybridized carbons (Fsp3) is 0.621. The number of ether oxygens (including phenoxy) is 1. The van der Waals surface area contributed by atoms with E-state index in [1.807, 2.05) is 0 Å². The topological polar surface area (TPSA) is 44.8 Å². The van der Waals surface area contributed by atoms with Crippen LogP contribution in [0.1, 0.15) is 71.1 Å². The molecule has 1 aromatic carbocycles. The van der Waals surface area contributed by atoms with Crippen molar-refractivity contribution >= 4 is 11.6 Å². The van der Waals surface area contributed by atoms with Gasteiger partial charge in [-0.25, -0.2) is 4.39 Å². The molecule has 192 valence electrons. The zero-order valence-corrected chi connectivity index (χ0v) is 21.3. The highest BCUT2D eigenvalue weighted by atomic mass is 19.1. The van der Waals surface area contributed by atoms with Gasteiger partial charge in [0.25, 0.3) is 5.91 Å². The van der Waals surface area contributed by atoms with Gasteiger partial charge < -0.3 is 19.9 Å². The van der Waals surface area contributed by atoms with Gasteiger partial charge in [0.05, 0.1) is 11.8 Å². The second kappa shape index (κ2) is 13.1. The minimum atomic E-state index is -0.338. The molecule has 2 aliphatic carbocycles. The summed E-state index contributed by atoms with van der Waals surface area (Å²) in [5.41, 5.74) is 1.43. The number of nitrogens with zero attached hydrogens (tertiary/aromatic N) is 2. The Kier molecular flexibility index (Phi) is 9.64. The van der Waals surface area contributed by atoms with Crippen LogP contribution >= 0.6 is 0 Å². The Morgan fingerprint density at radius 2 is 1.89 bits per heavy atom. The number of likely N-dealkylation sites (N-methyl/N-ethyl adjacent to an activating group) is 1. The van der Waals surface area contributed by atoms with Crippen LogP contribution in [0.25, 0.3) is 0 Å². The predicted octanol–water partition coefficient (Wildman–Crippen LogP) is 5.78. The van der Waals surface area contributed by atoms with E-state index in [0.717, 1.165) is 63.5 Å². The van der Waals surface area contributed by atoms with Crippen molar-refractivity contribution in [2.75, 3.05) is 37.6 Å². The molecule has 0 saturated heterocycles. The van der Waals surface area contributed by atoms with Crippen LogP contribution in [0, 0.1) is 11.7 Å². The lowest BCUT2D eigenvalue weighted by molar-refractivity contribution is -0.119. The predicted molar refractivity (Wildman–Crippen MR) is 140 cm³/mol. The first-order chi connectivity index (χ1) is 17.2. The van der Waals surface area contributed by atoms with E-state index in [1.165, 1.54) is 44.2 Å². The van der Waals surface area contributed by atoms with Crippen molar-refractivity contribution in [3.8, 4) is 0 Å².